The molecule has 144 valence electrons. The molecule has 2 aromatic carbocycles. The minimum absolute atomic E-state index is 0.124. The van der Waals surface area contributed by atoms with E-state index >= 15 is 0 Å². The Bertz CT molecular complexity index is 730. The summed E-state index contributed by atoms with van der Waals surface area (Å²) in [5, 5.41) is 2.91. The molecule has 0 saturated carbocycles. The van der Waals surface area contributed by atoms with Crippen LogP contribution in [0.1, 0.15) is 38.8 Å². The van der Waals surface area contributed by atoms with Crippen LogP contribution in [0.2, 0.25) is 0 Å². The average molecular weight is 367 g/mol. The largest absolute Gasteiger partial charge is 0.489 e. The summed E-state index contributed by atoms with van der Waals surface area (Å²) in [5.41, 5.74) is 1.74. The quantitative estimate of drug-likeness (QED) is 0.678. The molecule has 0 unspecified atom stereocenters. The van der Waals surface area contributed by atoms with Crippen LogP contribution in [0.25, 0.3) is 0 Å². The fourth-order valence-electron chi connectivity index (χ4n) is 2.58. The number of carbonyl (C=O) groups is 1. The van der Waals surface area contributed by atoms with Crippen molar-refractivity contribution < 1.29 is 14.3 Å². The van der Waals surface area contributed by atoms with Gasteiger partial charge in [0.1, 0.15) is 18.0 Å². The first kappa shape index (κ1) is 20.6. The molecule has 2 rings (SSSR count). The van der Waals surface area contributed by atoms with E-state index in [9.17, 15) is 4.79 Å². The first-order valence-corrected chi connectivity index (χ1v) is 9.24. The van der Waals surface area contributed by atoms with Gasteiger partial charge in [0.05, 0.1) is 6.04 Å². The minimum atomic E-state index is -0.512. The van der Waals surface area contributed by atoms with Crippen molar-refractivity contribution in [2.24, 2.45) is 0 Å². The molecule has 0 aliphatic rings. The molecule has 27 heavy (non-hydrogen) atoms. The van der Waals surface area contributed by atoms with Gasteiger partial charge >= 0.3 is 6.09 Å². The average Bonchev–Trinajstić information content (AvgIpc) is 2.60. The molecule has 4 heteroatoms. The Balaban J connectivity index is 1.91. The van der Waals surface area contributed by atoms with Crippen molar-refractivity contribution in [3.63, 3.8) is 0 Å². The van der Waals surface area contributed by atoms with Gasteiger partial charge in [-0.3, -0.25) is 0 Å². The molecule has 2 aromatic rings. The van der Waals surface area contributed by atoms with Crippen LogP contribution < -0.4 is 10.1 Å². The molecule has 1 amide bonds. The second-order valence-electron chi connectivity index (χ2n) is 7.40. The summed E-state index contributed by atoms with van der Waals surface area (Å²) in [4.78, 5) is 12.0. The highest BCUT2D eigenvalue weighted by molar-refractivity contribution is 5.68. The predicted molar refractivity (Wildman–Crippen MR) is 109 cm³/mol. The Hall–Kier alpha value is -2.75. The predicted octanol–water partition coefficient (Wildman–Crippen LogP) is 5.28. The zero-order valence-electron chi connectivity index (χ0n) is 16.6. The molecule has 0 aromatic heterocycles. The smallest absolute Gasteiger partial charge is 0.408 e. The Morgan fingerprint density at radius 1 is 1.04 bits per heavy atom. The first-order chi connectivity index (χ1) is 12.9. The van der Waals surface area contributed by atoms with Crippen molar-refractivity contribution in [3.05, 3.63) is 77.9 Å². The number of rotatable bonds is 7. The molecular weight excluding hydrogens is 338 g/mol. The number of amides is 1. The summed E-state index contributed by atoms with van der Waals surface area (Å²) < 4.78 is 11.2. The van der Waals surface area contributed by atoms with Crippen LogP contribution in [0, 0.1) is 0 Å². The summed E-state index contributed by atoms with van der Waals surface area (Å²) >= 11 is 0. The third-order valence-corrected chi connectivity index (χ3v) is 3.75. The molecule has 0 saturated heterocycles. The standard InChI is InChI=1S/C23H29NO3/c1-5-9-20(24-22(25)27-23(2,3)4)16-18-12-14-21(15-13-18)26-17-19-10-7-6-8-11-19/h5-15,20H,16-17H2,1-4H3,(H,24,25)/b9-5+/t20-/m1/s1. The minimum Gasteiger partial charge on any atom is -0.489 e. The lowest BCUT2D eigenvalue weighted by molar-refractivity contribution is 0.0514. The fourth-order valence-corrected chi connectivity index (χ4v) is 2.58. The molecule has 0 radical (unpaired) electrons. The van der Waals surface area contributed by atoms with Crippen LogP contribution in [0.4, 0.5) is 4.79 Å². The van der Waals surface area contributed by atoms with E-state index in [1.165, 1.54) is 0 Å². The highest BCUT2D eigenvalue weighted by atomic mass is 16.6. The summed E-state index contributed by atoms with van der Waals surface area (Å²) in [6, 6.07) is 17.9. The number of hydrogen-bond donors (Lipinski definition) is 1. The highest BCUT2D eigenvalue weighted by Crippen LogP contribution is 2.16. The molecule has 0 fully saturated rings. The third kappa shape index (κ3) is 7.99. The van der Waals surface area contributed by atoms with Gasteiger partial charge in [-0.2, -0.15) is 0 Å². The Morgan fingerprint density at radius 2 is 1.70 bits per heavy atom. The first-order valence-electron chi connectivity index (χ1n) is 9.24. The van der Waals surface area contributed by atoms with Gasteiger partial charge in [-0.25, -0.2) is 4.79 Å². The zero-order chi connectivity index (χ0) is 19.7. The molecule has 4 nitrogen and oxygen atoms in total. The van der Waals surface area contributed by atoms with Gasteiger partial charge in [0, 0.05) is 0 Å². The lowest BCUT2D eigenvalue weighted by atomic mass is 10.1. The van der Waals surface area contributed by atoms with Crippen molar-refractivity contribution in [2.75, 3.05) is 0 Å². The van der Waals surface area contributed by atoms with Gasteiger partial charge in [-0.1, -0.05) is 54.6 Å². The summed E-state index contributed by atoms with van der Waals surface area (Å²) in [6.07, 6.45) is 4.17. The molecule has 1 atom stereocenters. The van der Waals surface area contributed by atoms with E-state index in [0.717, 1.165) is 16.9 Å². The van der Waals surface area contributed by atoms with Gasteiger partial charge in [0.2, 0.25) is 0 Å². The second-order valence-corrected chi connectivity index (χ2v) is 7.40. The lowest BCUT2D eigenvalue weighted by Crippen LogP contribution is -2.39. The van der Waals surface area contributed by atoms with Crippen LogP contribution in [0.15, 0.2) is 66.7 Å². The maximum atomic E-state index is 12.0. The van der Waals surface area contributed by atoms with Crippen LogP contribution in [-0.4, -0.2) is 17.7 Å². The Labute approximate surface area is 162 Å². The molecule has 0 aliphatic heterocycles. The van der Waals surface area contributed by atoms with E-state index in [0.29, 0.717) is 13.0 Å². The normalized spacial score (nSPS) is 12.6. The highest BCUT2D eigenvalue weighted by Gasteiger charge is 2.18. The van der Waals surface area contributed by atoms with E-state index in [1.807, 2.05) is 94.4 Å². The van der Waals surface area contributed by atoms with Crippen LogP contribution >= 0.6 is 0 Å². The van der Waals surface area contributed by atoms with Crippen LogP contribution in [0.3, 0.4) is 0 Å². The van der Waals surface area contributed by atoms with Crippen LogP contribution in [-0.2, 0) is 17.8 Å². The van der Waals surface area contributed by atoms with Gasteiger partial charge < -0.3 is 14.8 Å². The molecule has 0 spiro atoms. The van der Waals surface area contributed by atoms with Gasteiger partial charge in [0.15, 0.2) is 0 Å². The number of ether oxygens (including phenoxy) is 2. The van der Waals surface area contributed by atoms with Crippen LogP contribution in [0.5, 0.6) is 5.75 Å². The van der Waals surface area contributed by atoms with E-state index < -0.39 is 11.7 Å². The summed E-state index contributed by atoms with van der Waals surface area (Å²) in [6.45, 7) is 8.04. The number of allylic oxidation sites excluding steroid dienone is 1. The molecular formula is C23H29NO3. The van der Waals surface area contributed by atoms with Crippen molar-refractivity contribution in [2.45, 2.75) is 52.4 Å². The van der Waals surface area contributed by atoms with Crippen molar-refractivity contribution in [3.8, 4) is 5.75 Å². The lowest BCUT2D eigenvalue weighted by Gasteiger charge is -2.22. The monoisotopic (exact) mass is 367 g/mol. The molecule has 0 bridgehead atoms. The summed E-state index contributed by atoms with van der Waals surface area (Å²) in [7, 11) is 0. The van der Waals surface area contributed by atoms with Crippen molar-refractivity contribution in [1.29, 1.82) is 0 Å². The fraction of sp³-hybridized carbons (Fsp3) is 0.348. The topological polar surface area (TPSA) is 47.6 Å². The van der Waals surface area contributed by atoms with E-state index in [2.05, 4.69) is 5.32 Å². The number of hydrogen-bond acceptors (Lipinski definition) is 3. The van der Waals surface area contributed by atoms with E-state index in [4.69, 9.17) is 9.47 Å². The zero-order valence-corrected chi connectivity index (χ0v) is 16.6. The van der Waals surface area contributed by atoms with E-state index in [-0.39, 0.29) is 6.04 Å². The van der Waals surface area contributed by atoms with Crippen molar-refractivity contribution in [1.82, 2.24) is 5.32 Å². The van der Waals surface area contributed by atoms with Gasteiger partial charge in [-0.05, 0) is 57.4 Å². The maximum Gasteiger partial charge on any atom is 0.408 e. The summed E-state index contributed by atoms with van der Waals surface area (Å²) in [5.74, 6) is 0.824. The van der Waals surface area contributed by atoms with E-state index in [1.54, 1.807) is 0 Å². The number of carbonyl (C=O) groups excluding carboxylic acids is 1. The van der Waals surface area contributed by atoms with Crippen molar-refractivity contribution >= 4 is 6.09 Å². The Kier molecular flexibility index (Phi) is 7.47. The SMILES string of the molecule is C/C=C/[C@H](Cc1ccc(OCc2ccccc2)cc1)NC(=O)OC(C)(C)C. The Morgan fingerprint density at radius 3 is 2.30 bits per heavy atom. The van der Waals surface area contributed by atoms with Gasteiger partial charge in [-0.15, -0.1) is 0 Å². The molecule has 1 N–H and O–H groups in total. The third-order valence-electron chi connectivity index (χ3n) is 3.75. The van der Waals surface area contributed by atoms with Gasteiger partial charge in [0.25, 0.3) is 0 Å². The molecule has 0 aliphatic carbocycles. The number of alkyl carbamates (subject to hydrolysis) is 1. The second kappa shape index (κ2) is 9.81. The molecule has 0 heterocycles. The number of benzene rings is 2. The number of nitrogens with one attached hydrogen (secondary N) is 1. The maximum absolute atomic E-state index is 12.0.